The van der Waals surface area contributed by atoms with Gasteiger partial charge in [-0.05, 0) is 42.0 Å². The fourth-order valence-corrected chi connectivity index (χ4v) is 4.96. The third kappa shape index (κ3) is 7.34. The monoisotopic (exact) mass is 626 g/mol. The Labute approximate surface area is 246 Å². The first-order chi connectivity index (χ1) is 20.3. The van der Waals surface area contributed by atoms with Gasteiger partial charge in [0.05, 0.1) is 44.7 Å². The molecule has 0 bridgehead atoms. The standard InChI is InChI=1S/C28H24F6N4O4S/c1-40-21-11-17(12-22(41-2)24(21)42-3)25(39)35-14-23-36-37-26(38(23)20-9-5-8-19(13-20)28(32,33)34)43-15-16-6-4-7-18(10-16)27(29,30)31/h4-13H,14-15H2,1-3H3,(H,35,39). The Bertz CT molecular complexity index is 1580. The molecule has 15 heteroatoms. The molecule has 228 valence electrons. The number of alkyl halides is 6. The topological polar surface area (TPSA) is 87.5 Å². The second-order valence-electron chi connectivity index (χ2n) is 8.87. The molecular formula is C28H24F6N4O4S. The number of hydrogen-bond acceptors (Lipinski definition) is 7. The summed E-state index contributed by atoms with van der Waals surface area (Å²) in [5, 5.41) is 10.9. The summed E-state index contributed by atoms with van der Waals surface area (Å²) in [4.78, 5) is 13.1. The lowest BCUT2D eigenvalue weighted by Gasteiger charge is -2.15. The van der Waals surface area contributed by atoms with Gasteiger partial charge >= 0.3 is 12.4 Å². The molecule has 1 amide bonds. The molecule has 3 aromatic carbocycles. The molecule has 0 aliphatic carbocycles. The highest BCUT2D eigenvalue weighted by Gasteiger charge is 2.32. The number of nitrogens with zero attached hydrogens (tertiary/aromatic N) is 3. The molecule has 1 aromatic heterocycles. The number of rotatable bonds is 10. The van der Waals surface area contributed by atoms with Crippen LogP contribution in [0.4, 0.5) is 26.3 Å². The molecule has 0 fully saturated rings. The number of benzene rings is 3. The molecule has 4 rings (SSSR count). The minimum Gasteiger partial charge on any atom is -0.493 e. The molecule has 0 spiro atoms. The van der Waals surface area contributed by atoms with Crippen molar-refractivity contribution in [3.05, 3.63) is 88.7 Å². The molecule has 43 heavy (non-hydrogen) atoms. The fourth-order valence-electron chi connectivity index (χ4n) is 4.05. The molecule has 0 aliphatic rings. The lowest BCUT2D eigenvalue weighted by atomic mass is 10.1. The molecule has 0 saturated carbocycles. The summed E-state index contributed by atoms with van der Waals surface area (Å²) in [6.45, 7) is -0.261. The van der Waals surface area contributed by atoms with E-state index in [2.05, 4.69) is 15.5 Å². The van der Waals surface area contributed by atoms with Crippen LogP contribution < -0.4 is 19.5 Å². The average Bonchev–Trinajstić information content (AvgIpc) is 3.40. The van der Waals surface area contributed by atoms with Crippen LogP contribution in [-0.2, 0) is 24.7 Å². The number of nitrogens with one attached hydrogen (secondary N) is 1. The first-order valence-electron chi connectivity index (χ1n) is 12.3. The highest BCUT2D eigenvalue weighted by atomic mass is 32.2. The zero-order chi connectivity index (χ0) is 31.4. The smallest absolute Gasteiger partial charge is 0.416 e. The summed E-state index contributed by atoms with van der Waals surface area (Å²) in [6.07, 6.45) is -9.18. The highest BCUT2D eigenvalue weighted by molar-refractivity contribution is 7.98. The van der Waals surface area contributed by atoms with Crippen molar-refractivity contribution >= 4 is 17.7 Å². The largest absolute Gasteiger partial charge is 0.493 e. The van der Waals surface area contributed by atoms with Gasteiger partial charge in [-0.15, -0.1) is 10.2 Å². The van der Waals surface area contributed by atoms with Gasteiger partial charge in [0, 0.05) is 11.3 Å². The summed E-state index contributed by atoms with van der Waals surface area (Å²) < 4.78 is 97.1. The Kier molecular flexibility index (Phi) is 9.43. The van der Waals surface area contributed by atoms with E-state index in [0.717, 1.165) is 36.0 Å². The van der Waals surface area contributed by atoms with Crippen LogP contribution in [0, 0.1) is 0 Å². The molecule has 8 nitrogen and oxygen atoms in total. The third-order valence-corrected chi connectivity index (χ3v) is 7.09. The Morgan fingerprint density at radius 1 is 0.837 bits per heavy atom. The summed E-state index contributed by atoms with van der Waals surface area (Å²) in [5.41, 5.74) is -1.27. The van der Waals surface area contributed by atoms with E-state index in [1.54, 1.807) is 0 Å². The van der Waals surface area contributed by atoms with Crippen molar-refractivity contribution in [2.45, 2.75) is 29.8 Å². The van der Waals surface area contributed by atoms with Crippen molar-refractivity contribution in [3.8, 4) is 22.9 Å². The SMILES string of the molecule is COc1cc(C(=O)NCc2nnc(SCc3cccc(C(F)(F)F)c3)n2-c2cccc(C(F)(F)F)c2)cc(OC)c1OC. The summed E-state index contributed by atoms with van der Waals surface area (Å²) >= 11 is 0.974. The van der Waals surface area contributed by atoms with Crippen molar-refractivity contribution in [1.29, 1.82) is 0 Å². The fraction of sp³-hybridized carbons (Fsp3) is 0.250. The van der Waals surface area contributed by atoms with Crippen LogP contribution in [0.3, 0.4) is 0 Å². The van der Waals surface area contributed by atoms with E-state index in [-0.39, 0.29) is 51.8 Å². The maximum absolute atomic E-state index is 13.5. The first kappa shape index (κ1) is 31.5. The normalized spacial score (nSPS) is 11.7. The van der Waals surface area contributed by atoms with Crippen molar-refractivity contribution < 1.29 is 45.3 Å². The minimum absolute atomic E-state index is 0.0127. The van der Waals surface area contributed by atoms with Crippen LogP contribution in [0.15, 0.2) is 65.8 Å². The first-order valence-corrected chi connectivity index (χ1v) is 13.3. The summed E-state index contributed by atoms with van der Waals surface area (Å²) in [6, 6.07) is 11.9. The average molecular weight is 627 g/mol. The Hall–Kier alpha value is -4.40. The van der Waals surface area contributed by atoms with E-state index in [1.165, 1.54) is 62.3 Å². The number of thioether (sulfide) groups is 1. The van der Waals surface area contributed by atoms with Gasteiger partial charge in [-0.25, -0.2) is 0 Å². The Morgan fingerprint density at radius 2 is 1.44 bits per heavy atom. The van der Waals surface area contributed by atoms with E-state index in [0.29, 0.717) is 5.56 Å². The molecular weight excluding hydrogens is 602 g/mol. The number of ether oxygens (including phenoxy) is 3. The van der Waals surface area contributed by atoms with Gasteiger partial charge < -0.3 is 19.5 Å². The van der Waals surface area contributed by atoms with Crippen LogP contribution in [0.2, 0.25) is 0 Å². The number of aromatic nitrogens is 3. The number of hydrogen-bond donors (Lipinski definition) is 1. The Morgan fingerprint density at radius 3 is 2.02 bits per heavy atom. The van der Waals surface area contributed by atoms with E-state index in [4.69, 9.17) is 14.2 Å². The van der Waals surface area contributed by atoms with Gasteiger partial charge in [0.25, 0.3) is 5.91 Å². The van der Waals surface area contributed by atoms with Gasteiger partial charge in [-0.1, -0.05) is 36.0 Å². The number of amides is 1. The maximum atomic E-state index is 13.5. The molecule has 0 saturated heterocycles. The molecule has 0 unspecified atom stereocenters. The highest BCUT2D eigenvalue weighted by Crippen LogP contribution is 2.38. The molecule has 0 radical (unpaired) electrons. The molecule has 1 N–H and O–H groups in total. The molecule has 1 heterocycles. The quantitative estimate of drug-likeness (QED) is 0.158. The van der Waals surface area contributed by atoms with Gasteiger partial charge in [0.1, 0.15) is 0 Å². The second kappa shape index (κ2) is 12.9. The van der Waals surface area contributed by atoms with Crippen molar-refractivity contribution in [2.75, 3.05) is 21.3 Å². The molecule has 0 atom stereocenters. The van der Waals surface area contributed by atoms with Crippen LogP contribution in [0.5, 0.6) is 17.2 Å². The van der Waals surface area contributed by atoms with E-state index in [1.807, 2.05) is 0 Å². The van der Waals surface area contributed by atoms with E-state index in [9.17, 15) is 31.1 Å². The van der Waals surface area contributed by atoms with Gasteiger partial charge in [0.15, 0.2) is 22.5 Å². The second-order valence-corrected chi connectivity index (χ2v) is 9.81. The summed E-state index contributed by atoms with van der Waals surface area (Å²) in [7, 11) is 4.17. The predicted molar refractivity (Wildman–Crippen MR) is 145 cm³/mol. The molecule has 0 aliphatic heterocycles. The third-order valence-electron chi connectivity index (χ3n) is 6.09. The van der Waals surface area contributed by atoms with Crippen LogP contribution in [0.1, 0.15) is 32.9 Å². The zero-order valence-corrected chi connectivity index (χ0v) is 23.7. The molecule has 4 aromatic rings. The predicted octanol–water partition coefficient (Wildman–Crippen LogP) is 6.55. The van der Waals surface area contributed by atoms with Gasteiger partial charge in [-0.2, -0.15) is 26.3 Å². The van der Waals surface area contributed by atoms with Crippen LogP contribution in [-0.4, -0.2) is 42.0 Å². The summed E-state index contributed by atoms with van der Waals surface area (Å²) in [5.74, 6) is 0.231. The van der Waals surface area contributed by atoms with Crippen LogP contribution >= 0.6 is 11.8 Å². The lowest BCUT2D eigenvalue weighted by molar-refractivity contribution is -0.138. The maximum Gasteiger partial charge on any atom is 0.416 e. The van der Waals surface area contributed by atoms with Gasteiger partial charge in [0.2, 0.25) is 5.75 Å². The van der Waals surface area contributed by atoms with Crippen molar-refractivity contribution in [3.63, 3.8) is 0 Å². The number of carbonyl (C=O) groups is 1. The van der Waals surface area contributed by atoms with Crippen LogP contribution in [0.25, 0.3) is 5.69 Å². The zero-order valence-electron chi connectivity index (χ0n) is 22.8. The minimum atomic E-state index is -4.64. The number of carbonyl (C=O) groups excluding carboxylic acids is 1. The number of halogens is 6. The van der Waals surface area contributed by atoms with Crippen molar-refractivity contribution in [2.24, 2.45) is 0 Å². The van der Waals surface area contributed by atoms with E-state index < -0.39 is 29.4 Å². The van der Waals surface area contributed by atoms with Gasteiger partial charge in [-0.3, -0.25) is 9.36 Å². The Balaban J connectivity index is 1.65. The lowest BCUT2D eigenvalue weighted by Crippen LogP contribution is -2.25. The van der Waals surface area contributed by atoms with Crippen molar-refractivity contribution in [1.82, 2.24) is 20.1 Å². The van der Waals surface area contributed by atoms with E-state index >= 15 is 0 Å². The number of methoxy groups -OCH3 is 3.